The smallest absolute Gasteiger partial charge is 0.232 e. The molecule has 1 unspecified atom stereocenters. The maximum absolute atomic E-state index is 12.1. The van der Waals surface area contributed by atoms with Crippen molar-refractivity contribution in [1.29, 1.82) is 0 Å². The van der Waals surface area contributed by atoms with Gasteiger partial charge in [-0.05, 0) is 31.5 Å². The Bertz CT molecular complexity index is 513. The summed E-state index contributed by atoms with van der Waals surface area (Å²) in [5, 5.41) is 15.0. The second kappa shape index (κ2) is 4.33. The molecule has 1 heterocycles. The Labute approximate surface area is 105 Å². The molecule has 0 saturated carbocycles. The van der Waals surface area contributed by atoms with E-state index < -0.39 is 5.41 Å². The Morgan fingerprint density at radius 3 is 2.83 bits per heavy atom. The van der Waals surface area contributed by atoms with E-state index in [2.05, 4.69) is 10.6 Å². The molecule has 1 fully saturated rings. The van der Waals surface area contributed by atoms with Crippen LogP contribution in [0.25, 0.3) is 0 Å². The van der Waals surface area contributed by atoms with Crippen molar-refractivity contribution in [3.8, 4) is 5.75 Å². The number of phenols is 1. The van der Waals surface area contributed by atoms with E-state index >= 15 is 0 Å². The number of carbonyl (C=O) groups is 2. The Morgan fingerprint density at radius 1 is 1.50 bits per heavy atom. The van der Waals surface area contributed by atoms with Crippen molar-refractivity contribution in [2.45, 2.75) is 20.3 Å². The highest BCUT2D eigenvalue weighted by atomic mass is 16.3. The molecule has 18 heavy (non-hydrogen) atoms. The van der Waals surface area contributed by atoms with E-state index in [1.54, 1.807) is 19.1 Å². The predicted molar refractivity (Wildman–Crippen MR) is 67.2 cm³/mol. The third kappa shape index (κ3) is 2.30. The number of phenolic OH excluding ortho intramolecular Hbond substituents is 1. The van der Waals surface area contributed by atoms with Gasteiger partial charge in [-0.25, -0.2) is 0 Å². The molecule has 96 valence electrons. The van der Waals surface area contributed by atoms with Gasteiger partial charge in [0, 0.05) is 13.0 Å². The number of amides is 2. The average molecular weight is 248 g/mol. The molecule has 1 aliphatic heterocycles. The van der Waals surface area contributed by atoms with Crippen molar-refractivity contribution in [3.63, 3.8) is 0 Å². The van der Waals surface area contributed by atoms with Crippen LogP contribution in [0.15, 0.2) is 18.2 Å². The predicted octanol–water partition coefficient (Wildman–Crippen LogP) is 1.17. The number of anilines is 1. The summed E-state index contributed by atoms with van der Waals surface area (Å²) in [5.41, 5.74) is 0.558. The average Bonchev–Trinajstić information content (AvgIpc) is 2.65. The SMILES string of the molecule is Cc1ccc(O)c(NC(=O)C2(C)CNC(=O)C2)c1. The molecule has 1 aromatic rings. The molecule has 1 saturated heterocycles. The number of aromatic hydroxyl groups is 1. The monoisotopic (exact) mass is 248 g/mol. The first-order valence-corrected chi connectivity index (χ1v) is 5.78. The van der Waals surface area contributed by atoms with Gasteiger partial charge in [0.2, 0.25) is 11.8 Å². The van der Waals surface area contributed by atoms with Gasteiger partial charge < -0.3 is 15.7 Å². The number of benzene rings is 1. The molecule has 5 nitrogen and oxygen atoms in total. The number of hydrogen-bond acceptors (Lipinski definition) is 3. The molecule has 0 bridgehead atoms. The van der Waals surface area contributed by atoms with Gasteiger partial charge in [0.1, 0.15) is 5.75 Å². The van der Waals surface area contributed by atoms with E-state index in [0.717, 1.165) is 5.56 Å². The van der Waals surface area contributed by atoms with Crippen LogP contribution in [0.1, 0.15) is 18.9 Å². The van der Waals surface area contributed by atoms with Gasteiger partial charge in [0.15, 0.2) is 0 Å². The van der Waals surface area contributed by atoms with E-state index in [1.807, 2.05) is 6.92 Å². The first kappa shape index (κ1) is 12.4. The van der Waals surface area contributed by atoms with Crippen molar-refractivity contribution < 1.29 is 14.7 Å². The van der Waals surface area contributed by atoms with Gasteiger partial charge in [-0.15, -0.1) is 0 Å². The molecule has 5 heteroatoms. The Hall–Kier alpha value is -2.04. The molecule has 2 amide bonds. The van der Waals surface area contributed by atoms with Crippen molar-refractivity contribution in [3.05, 3.63) is 23.8 Å². The van der Waals surface area contributed by atoms with Crippen LogP contribution in [0.5, 0.6) is 5.75 Å². The van der Waals surface area contributed by atoms with Crippen molar-refractivity contribution in [2.75, 3.05) is 11.9 Å². The van der Waals surface area contributed by atoms with E-state index in [0.29, 0.717) is 12.2 Å². The van der Waals surface area contributed by atoms with E-state index in [4.69, 9.17) is 0 Å². The number of hydrogen-bond donors (Lipinski definition) is 3. The standard InChI is InChI=1S/C13H16N2O3/c1-8-3-4-10(16)9(5-8)15-12(18)13(2)6-11(17)14-7-13/h3-5,16H,6-7H2,1-2H3,(H,14,17)(H,15,18). The summed E-state index contributed by atoms with van der Waals surface area (Å²) < 4.78 is 0. The minimum absolute atomic E-state index is 0.0230. The van der Waals surface area contributed by atoms with Gasteiger partial charge in [-0.3, -0.25) is 9.59 Å². The molecule has 3 N–H and O–H groups in total. The summed E-state index contributed by atoms with van der Waals surface area (Å²) >= 11 is 0. The number of nitrogens with one attached hydrogen (secondary N) is 2. The van der Waals surface area contributed by atoms with Crippen LogP contribution in [0, 0.1) is 12.3 Å². The molecule has 2 rings (SSSR count). The number of rotatable bonds is 2. The fourth-order valence-electron chi connectivity index (χ4n) is 1.96. The molecule has 1 atom stereocenters. The van der Waals surface area contributed by atoms with E-state index in [1.165, 1.54) is 6.07 Å². The second-order valence-electron chi connectivity index (χ2n) is 4.99. The van der Waals surface area contributed by atoms with Crippen molar-refractivity contribution in [2.24, 2.45) is 5.41 Å². The maximum atomic E-state index is 12.1. The van der Waals surface area contributed by atoms with Crippen molar-refractivity contribution in [1.82, 2.24) is 5.32 Å². The van der Waals surface area contributed by atoms with Crippen LogP contribution in [-0.2, 0) is 9.59 Å². The quantitative estimate of drug-likeness (QED) is 0.687. The van der Waals surface area contributed by atoms with Crippen LogP contribution in [0.4, 0.5) is 5.69 Å². The Kier molecular flexibility index (Phi) is 2.98. The fourth-order valence-corrected chi connectivity index (χ4v) is 1.96. The Morgan fingerprint density at radius 2 is 2.22 bits per heavy atom. The van der Waals surface area contributed by atoms with Gasteiger partial charge >= 0.3 is 0 Å². The van der Waals surface area contributed by atoms with Crippen molar-refractivity contribution >= 4 is 17.5 Å². The number of aryl methyl sites for hydroxylation is 1. The molecular weight excluding hydrogens is 232 g/mol. The minimum Gasteiger partial charge on any atom is -0.506 e. The normalized spacial score (nSPS) is 22.7. The zero-order valence-electron chi connectivity index (χ0n) is 10.4. The highest BCUT2D eigenvalue weighted by Gasteiger charge is 2.40. The van der Waals surface area contributed by atoms with Crippen LogP contribution in [0.2, 0.25) is 0 Å². The van der Waals surface area contributed by atoms with Crippen LogP contribution >= 0.6 is 0 Å². The van der Waals surface area contributed by atoms with Crippen LogP contribution in [-0.4, -0.2) is 23.5 Å². The largest absolute Gasteiger partial charge is 0.506 e. The molecule has 0 spiro atoms. The third-order valence-corrected chi connectivity index (χ3v) is 3.17. The lowest BCUT2D eigenvalue weighted by Crippen LogP contribution is -2.35. The molecular formula is C13H16N2O3. The zero-order valence-corrected chi connectivity index (χ0v) is 10.4. The van der Waals surface area contributed by atoms with Gasteiger partial charge in [0.05, 0.1) is 11.1 Å². The summed E-state index contributed by atoms with van der Waals surface area (Å²) in [6.45, 7) is 3.93. The highest BCUT2D eigenvalue weighted by Crippen LogP contribution is 2.30. The first-order chi connectivity index (χ1) is 8.40. The first-order valence-electron chi connectivity index (χ1n) is 5.78. The molecule has 1 aliphatic rings. The maximum Gasteiger partial charge on any atom is 0.232 e. The molecule has 0 radical (unpaired) electrons. The van der Waals surface area contributed by atoms with Crippen LogP contribution < -0.4 is 10.6 Å². The highest BCUT2D eigenvalue weighted by molar-refractivity contribution is 6.00. The van der Waals surface area contributed by atoms with Crippen LogP contribution in [0.3, 0.4) is 0 Å². The van der Waals surface area contributed by atoms with E-state index in [-0.39, 0.29) is 24.0 Å². The fraction of sp³-hybridized carbons (Fsp3) is 0.385. The minimum atomic E-state index is -0.757. The lowest BCUT2D eigenvalue weighted by molar-refractivity contribution is -0.126. The third-order valence-electron chi connectivity index (χ3n) is 3.17. The lowest BCUT2D eigenvalue weighted by atomic mass is 9.88. The zero-order chi connectivity index (χ0) is 13.3. The molecule has 0 aliphatic carbocycles. The van der Waals surface area contributed by atoms with E-state index in [9.17, 15) is 14.7 Å². The second-order valence-corrected chi connectivity index (χ2v) is 4.99. The summed E-state index contributed by atoms with van der Waals surface area (Å²) in [4.78, 5) is 23.3. The summed E-state index contributed by atoms with van der Waals surface area (Å²) in [7, 11) is 0. The lowest BCUT2D eigenvalue weighted by Gasteiger charge is -2.20. The summed E-state index contributed by atoms with van der Waals surface area (Å²) in [5.74, 6) is -0.363. The summed E-state index contributed by atoms with van der Waals surface area (Å²) in [6.07, 6.45) is 0.172. The van der Waals surface area contributed by atoms with Gasteiger partial charge in [-0.1, -0.05) is 6.07 Å². The Balaban J connectivity index is 2.16. The summed E-state index contributed by atoms with van der Waals surface area (Å²) in [6, 6.07) is 4.99. The number of carbonyl (C=O) groups excluding carboxylic acids is 2. The molecule has 0 aromatic heterocycles. The van der Waals surface area contributed by atoms with Gasteiger partial charge in [-0.2, -0.15) is 0 Å². The van der Waals surface area contributed by atoms with Gasteiger partial charge in [0.25, 0.3) is 0 Å². The topological polar surface area (TPSA) is 78.4 Å². The molecule has 1 aromatic carbocycles.